The van der Waals surface area contributed by atoms with Crippen molar-refractivity contribution in [3.05, 3.63) is 23.8 Å². The predicted octanol–water partition coefficient (Wildman–Crippen LogP) is 2.96. The molecule has 0 radical (unpaired) electrons. The summed E-state index contributed by atoms with van der Waals surface area (Å²) in [6.45, 7) is 2.12. The van der Waals surface area contributed by atoms with Gasteiger partial charge < -0.3 is 16.2 Å². The van der Waals surface area contributed by atoms with E-state index in [1.54, 1.807) is 18.2 Å². The second-order valence-corrected chi connectivity index (χ2v) is 5.04. The predicted molar refractivity (Wildman–Crippen MR) is 72.9 cm³/mol. The quantitative estimate of drug-likeness (QED) is 0.676. The number of carbonyl (C=O) groups is 1. The van der Waals surface area contributed by atoms with Crippen LogP contribution in [-0.4, -0.2) is 17.1 Å². The zero-order valence-corrected chi connectivity index (χ0v) is 10.6. The Bertz CT molecular complexity index is 441. The monoisotopic (exact) mass is 248 g/mol. The van der Waals surface area contributed by atoms with Gasteiger partial charge in [-0.3, -0.25) is 0 Å². The highest BCUT2D eigenvalue weighted by atomic mass is 16.4. The van der Waals surface area contributed by atoms with Gasteiger partial charge >= 0.3 is 5.97 Å². The Labute approximate surface area is 107 Å². The molecule has 1 aromatic rings. The first-order valence-corrected chi connectivity index (χ1v) is 6.49. The molecule has 1 saturated carbocycles. The van der Waals surface area contributed by atoms with Crippen LogP contribution in [0, 0.1) is 5.92 Å². The SMILES string of the molecule is CCC(CC1CC1)Nc1cc(N)ccc1C(=O)O. The number of nitrogens with two attached hydrogens (primary N) is 1. The standard InChI is InChI=1S/C14H20N2O2/c1-2-11(7-9-3-4-9)16-13-8-10(15)5-6-12(13)14(17)18/h5-6,8-9,11,16H,2-4,7,15H2,1H3,(H,17,18). The number of rotatable bonds is 6. The zero-order valence-electron chi connectivity index (χ0n) is 10.6. The summed E-state index contributed by atoms with van der Waals surface area (Å²) in [5, 5.41) is 12.5. The van der Waals surface area contributed by atoms with Crippen molar-refractivity contribution in [2.24, 2.45) is 5.92 Å². The number of hydrogen-bond acceptors (Lipinski definition) is 3. The van der Waals surface area contributed by atoms with Crippen LogP contribution >= 0.6 is 0 Å². The van der Waals surface area contributed by atoms with Gasteiger partial charge in [-0.15, -0.1) is 0 Å². The molecule has 0 aliphatic heterocycles. The largest absolute Gasteiger partial charge is 0.478 e. The van der Waals surface area contributed by atoms with E-state index in [0.717, 1.165) is 18.8 Å². The number of anilines is 2. The van der Waals surface area contributed by atoms with Gasteiger partial charge in [0.15, 0.2) is 0 Å². The van der Waals surface area contributed by atoms with Gasteiger partial charge in [0.25, 0.3) is 0 Å². The Kier molecular flexibility index (Phi) is 3.75. The molecule has 1 fully saturated rings. The number of carboxylic acid groups (broad SMARTS) is 1. The first-order chi connectivity index (χ1) is 8.60. The lowest BCUT2D eigenvalue weighted by atomic mass is 10.1. The molecule has 0 spiro atoms. The lowest BCUT2D eigenvalue weighted by molar-refractivity contribution is 0.0698. The summed E-state index contributed by atoms with van der Waals surface area (Å²) in [6, 6.07) is 5.22. The first-order valence-electron chi connectivity index (χ1n) is 6.49. The van der Waals surface area contributed by atoms with Gasteiger partial charge in [0.1, 0.15) is 0 Å². The molecule has 4 N–H and O–H groups in total. The van der Waals surface area contributed by atoms with Crippen LogP contribution in [0.25, 0.3) is 0 Å². The highest BCUT2D eigenvalue weighted by Crippen LogP contribution is 2.35. The molecule has 0 aromatic heterocycles. The van der Waals surface area contributed by atoms with E-state index in [9.17, 15) is 4.79 Å². The van der Waals surface area contributed by atoms with Gasteiger partial charge in [-0.2, -0.15) is 0 Å². The Morgan fingerprint density at radius 1 is 1.56 bits per heavy atom. The average Bonchev–Trinajstić information content (AvgIpc) is 3.11. The van der Waals surface area contributed by atoms with Crippen molar-refractivity contribution in [3.63, 3.8) is 0 Å². The van der Waals surface area contributed by atoms with E-state index in [2.05, 4.69) is 12.2 Å². The van der Waals surface area contributed by atoms with Gasteiger partial charge in [0.2, 0.25) is 0 Å². The Hall–Kier alpha value is -1.71. The molecule has 4 heteroatoms. The molecule has 98 valence electrons. The molecular formula is C14H20N2O2. The van der Waals surface area contributed by atoms with Crippen LogP contribution < -0.4 is 11.1 Å². The second-order valence-electron chi connectivity index (χ2n) is 5.04. The summed E-state index contributed by atoms with van der Waals surface area (Å²) >= 11 is 0. The lowest BCUT2D eigenvalue weighted by Gasteiger charge is -2.19. The minimum Gasteiger partial charge on any atom is -0.478 e. The number of aromatic carboxylic acids is 1. The third kappa shape index (κ3) is 3.15. The molecule has 4 nitrogen and oxygen atoms in total. The maximum absolute atomic E-state index is 11.2. The van der Waals surface area contributed by atoms with Gasteiger partial charge in [0, 0.05) is 11.7 Å². The van der Waals surface area contributed by atoms with Crippen LogP contribution in [0.5, 0.6) is 0 Å². The topological polar surface area (TPSA) is 75.3 Å². The van der Waals surface area contributed by atoms with E-state index in [1.807, 2.05) is 0 Å². The summed E-state index contributed by atoms with van der Waals surface area (Å²) in [6.07, 6.45) is 4.72. The summed E-state index contributed by atoms with van der Waals surface area (Å²) in [5.41, 5.74) is 7.24. The van der Waals surface area contributed by atoms with E-state index in [0.29, 0.717) is 23.0 Å². The van der Waals surface area contributed by atoms with Crippen molar-refractivity contribution in [1.29, 1.82) is 0 Å². The van der Waals surface area contributed by atoms with Gasteiger partial charge in [-0.05, 0) is 37.0 Å². The number of carboxylic acids is 1. The third-order valence-electron chi connectivity index (χ3n) is 3.44. The molecule has 0 amide bonds. The molecule has 0 bridgehead atoms. The highest BCUT2D eigenvalue weighted by Gasteiger charge is 2.25. The van der Waals surface area contributed by atoms with Crippen molar-refractivity contribution in [1.82, 2.24) is 0 Å². The maximum atomic E-state index is 11.2. The molecule has 1 aliphatic rings. The van der Waals surface area contributed by atoms with Crippen LogP contribution in [0.4, 0.5) is 11.4 Å². The molecule has 1 aromatic carbocycles. The lowest BCUT2D eigenvalue weighted by Crippen LogP contribution is -2.21. The molecule has 18 heavy (non-hydrogen) atoms. The van der Waals surface area contributed by atoms with Crippen LogP contribution in [-0.2, 0) is 0 Å². The fourth-order valence-electron chi connectivity index (χ4n) is 2.17. The van der Waals surface area contributed by atoms with E-state index in [-0.39, 0.29) is 0 Å². The maximum Gasteiger partial charge on any atom is 0.337 e. The van der Waals surface area contributed by atoms with Gasteiger partial charge in [-0.1, -0.05) is 19.8 Å². The minimum absolute atomic E-state index is 0.290. The summed E-state index contributed by atoms with van der Waals surface area (Å²) in [7, 11) is 0. The molecule has 0 heterocycles. The van der Waals surface area contributed by atoms with Crippen LogP contribution in [0.15, 0.2) is 18.2 Å². The normalized spacial score (nSPS) is 16.3. The van der Waals surface area contributed by atoms with Gasteiger partial charge in [-0.25, -0.2) is 4.79 Å². The van der Waals surface area contributed by atoms with Crippen LogP contribution in [0.2, 0.25) is 0 Å². The van der Waals surface area contributed by atoms with Gasteiger partial charge in [0.05, 0.1) is 11.3 Å². The average molecular weight is 248 g/mol. The van der Waals surface area contributed by atoms with Crippen molar-refractivity contribution in [3.8, 4) is 0 Å². The van der Waals surface area contributed by atoms with Crippen molar-refractivity contribution in [2.75, 3.05) is 11.1 Å². The smallest absolute Gasteiger partial charge is 0.337 e. The van der Waals surface area contributed by atoms with Crippen molar-refractivity contribution >= 4 is 17.3 Å². The molecule has 2 rings (SSSR count). The fourth-order valence-corrected chi connectivity index (χ4v) is 2.17. The summed E-state index contributed by atoms with van der Waals surface area (Å²) < 4.78 is 0. The summed E-state index contributed by atoms with van der Waals surface area (Å²) in [4.78, 5) is 11.2. The Morgan fingerprint density at radius 3 is 2.83 bits per heavy atom. The number of nitrogens with one attached hydrogen (secondary N) is 1. The van der Waals surface area contributed by atoms with Crippen molar-refractivity contribution < 1.29 is 9.90 Å². The van der Waals surface area contributed by atoms with E-state index < -0.39 is 5.97 Å². The highest BCUT2D eigenvalue weighted by molar-refractivity contribution is 5.95. The van der Waals surface area contributed by atoms with E-state index >= 15 is 0 Å². The Balaban J connectivity index is 2.14. The number of benzene rings is 1. The molecule has 0 saturated heterocycles. The third-order valence-corrected chi connectivity index (χ3v) is 3.44. The molecule has 1 atom stereocenters. The first kappa shape index (κ1) is 12.7. The Morgan fingerprint density at radius 2 is 2.28 bits per heavy atom. The fraction of sp³-hybridized carbons (Fsp3) is 0.500. The summed E-state index contributed by atoms with van der Waals surface area (Å²) in [5.74, 6) is -0.101. The van der Waals surface area contributed by atoms with Crippen molar-refractivity contribution in [2.45, 2.75) is 38.6 Å². The van der Waals surface area contributed by atoms with E-state index in [4.69, 9.17) is 10.8 Å². The minimum atomic E-state index is -0.918. The number of hydrogen-bond donors (Lipinski definition) is 3. The number of nitrogen functional groups attached to an aromatic ring is 1. The van der Waals surface area contributed by atoms with E-state index in [1.165, 1.54) is 12.8 Å². The zero-order chi connectivity index (χ0) is 13.1. The molecule has 1 unspecified atom stereocenters. The molecular weight excluding hydrogens is 228 g/mol. The second kappa shape index (κ2) is 5.29. The van der Waals surface area contributed by atoms with Crippen LogP contribution in [0.3, 0.4) is 0 Å². The van der Waals surface area contributed by atoms with Crippen LogP contribution in [0.1, 0.15) is 43.0 Å². The molecule has 1 aliphatic carbocycles.